The highest BCUT2D eigenvalue weighted by atomic mass is 35.5. The Kier molecular flexibility index (Phi) is 8.20. The van der Waals surface area contributed by atoms with Gasteiger partial charge in [0.1, 0.15) is 22.9 Å². The molecule has 4 rings (SSSR count). The van der Waals surface area contributed by atoms with Crippen LogP contribution in [-0.4, -0.2) is 49.5 Å². The average molecular weight is 568 g/mol. The Morgan fingerprint density at radius 1 is 1.13 bits per heavy atom. The van der Waals surface area contributed by atoms with Gasteiger partial charge in [0.25, 0.3) is 15.9 Å². The minimum Gasteiger partial charge on any atom is -0.379 e. The molecule has 204 valence electrons. The van der Waals surface area contributed by atoms with Gasteiger partial charge in [-0.15, -0.1) is 0 Å². The van der Waals surface area contributed by atoms with Crippen molar-refractivity contribution < 1.29 is 21.6 Å². The van der Waals surface area contributed by atoms with E-state index in [0.29, 0.717) is 12.8 Å². The summed E-state index contributed by atoms with van der Waals surface area (Å²) < 4.78 is 70.5. The van der Waals surface area contributed by atoms with Gasteiger partial charge in [-0.05, 0) is 69.1 Å². The number of anilines is 2. The van der Waals surface area contributed by atoms with E-state index >= 15 is 4.39 Å². The zero-order chi connectivity index (χ0) is 27.7. The molecule has 0 aliphatic heterocycles. The fraction of sp³-hybridized carbons (Fsp3) is 0.385. The number of hydrogen-bond acceptors (Lipinski definition) is 6. The van der Waals surface area contributed by atoms with Crippen molar-refractivity contribution in [3.63, 3.8) is 0 Å². The largest absolute Gasteiger partial charge is 0.379 e. The SMILES string of the molecule is CN(C)[C@H]1C[C@@H](c2cccc(C(C)(F)F)c2)CC[C@@H]1Nc1cc(F)c(S(=O)(=O)Nc2ccncn2)cc1Cl. The van der Waals surface area contributed by atoms with Gasteiger partial charge in [0, 0.05) is 30.8 Å². The van der Waals surface area contributed by atoms with Crippen LogP contribution < -0.4 is 10.0 Å². The first-order valence-corrected chi connectivity index (χ1v) is 13.9. The van der Waals surface area contributed by atoms with Crippen molar-refractivity contribution in [2.75, 3.05) is 24.1 Å². The third-order valence-corrected chi connectivity index (χ3v) is 8.50. The third-order valence-electron chi connectivity index (χ3n) is 6.82. The van der Waals surface area contributed by atoms with E-state index in [9.17, 15) is 17.2 Å². The molecule has 0 saturated heterocycles. The monoisotopic (exact) mass is 567 g/mol. The molecule has 2 aromatic carbocycles. The molecule has 1 aliphatic rings. The van der Waals surface area contributed by atoms with Gasteiger partial charge in [-0.1, -0.05) is 29.8 Å². The van der Waals surface area contributed by atoms with Crippen LogP contribution in [0.25, 0.3) is 0 Å². The molecule has 1 heterocycles. The summed E-state index contributed by atoms with van der Waals surface area (Å²) in [6.45, 7) is 0.890. The summed E-state index contributed by atoms with van der Waals surface area (Å²) in [5, 5.41) is 3.34. The van der Waals surface area contributed by atoms with E-state index in [0.717, 1.165) is 31.0 Å². The second kappa shape index (κ2) is 11.1. The van der Waals surface area contributed by atoms with Crippen LogP contribution in [-0.2, 0) is 15.9 Å². The van der Waals surface area contributed by atoms with E-state index in [2.05, 4.69) is 20.0 Å². The first kappa shape index (κ1) is 28.1. The number of nitrogens with zero attached hydrogens (tertiary/aromatic N) is 3. The zero-order valence-corrected chi connectivity index (χ0v) is 22.7. The Bertz CT molecular complexity index is 1390. The maximum atomic E-state index is 15.0. The lowest BCUT2D eigenvalue weighted by Gasteiger charge is -2.41. The van der Waals surface area contributed by atoms with Gasteiger partial charge in [-0.3, -0.25) is 4.72 Å². The molecule has 0 radical (unpaired) electrons. The number of hydrogen-bond donors (Lipinski definition) is 2. The molecule has 1 aliphatic carbocycles. The van der Waals surface area contributed by atoms with Gasteiger partial charge in [0.05, 0.1) is 10.7 Å². The lowest BCUT2D eigenvalue weighted by atomic mass is 9.77. The lowest BCUT2D eigenvalue weighted by molar-refractivity contribution is 0.0173. The quantitative estimate of drug-likeness (QED) is 0.354. The van der Waals surface area contributed by atoms with Crippen LogP contribution in [0.4, 0.5) is 24.7 Å². The van der Waals surface area contributed by atoms with Crippen LogP contribution >= 0.6 is 11.6 Å². The molecule has 0 spiro atoms. The van der Waals surface area contributed by atoms with Crippen molar-refractivity contribution in [1.82, 2.24) is 14.9 Å². The Morgan fingerprint density at radius 2 is 1.89 bits per heavy atom. The van der Waals surface area contributed by atoms with E-state index in [-0.39, 0.29) is 40.1 Å². The summed E-state index contributed by atoms with van der Waals surface area (Å²) in [7, 11) is -0.430. The average Bonchev–Trinajstić information content (AvgIpc) is 2.86. The van der Waals surface area contributed by atoms with E-state index in [1.54, 1.807) is 12.1 Å². The Hall–Kier alpha value is -2.89. The molecule has 7 nitrogen and oxygen atoms in total. The summed E-state index contributed by atoms with van der Waals surface area (Å²) in [6.07, 6.45) is 4.62. The highest BCUT2D eigenvalue weighted by molar-refractivity contribution is 7.92. The number of nitrogens with one attached hydrogen (secondary N) is 2. The Labute approximate surface area is 225 Å². The first-order valence-electron chi connectivity index (χ1n) is 12.0. The summed E-state index contributed by atoms with van der Waals surface area (Å²) in [5.74, 6) is -3.81. The predicted octanol–water partition coefficient (Wildman–Crippen LogP) is 5.86. The standard InChI is InChI=1S/C26H29ClF3N5O2S/c1-26(29,30)18-6-4-5-16(11-18)17-7-8-21(23(12-17)35(2)3)33-22-14-20(28)24(13-19(22)27)38(36,37)34-25-9-10-31-15-32-25/h4-6,9-11,13-15,17,21,23,33H,7-8,12H2,1-3H3,(H,31,32,34)/t17-,21-,23-/m0/s1. The predicted molar refractivity (Wildman–Crippen MR) is 142 cm³/mol. The second-order valence-corrected chi connectivity index (χ2v) is 11.8. The fourth-order valence-electron chi connectivity index (χ4n) is 4.84. The molecule has 1 aromatic heterocycles. The first-order chi connectivity index (χ1) is 17.8. The molecule has 1 fully saturated rings. The minimum atomic E-state index is -4.28. The number of benzene rings is 2. The molecule has 0 amide bonds. The summed E-state index contributed by atoms with van der Waals surface area (Å²) in [6, 6.07) is 9.88. The fourth-order valence-corrected chi connectivity index (χ4v) is 6.22. The van der Waals surface area contributed by atoms with Crippen molar-refractivity contribution in [2.45, 2.75) is 55.0 Å². The van der Waals surface area contributed by atoms with Gasteiger partial charge >= 0.3 is 0 Å². The Morgan fingerprint density at radius 3 is 2.55 bits per heavy atom. The third kappa shape index (κ3) is 6.39. The Balaban J connectivity index is 1.52. The molecule has 0 bridgehead atoms. The van der Waals surface area contributed by atoms with Crippen LogP contribution in [0.5, 0.6) is 0 Å². The highest BCUT2D eigenvalue weighted by Gasteiger charge is 2.34. The van der Waals surface area contributed by atoms with Crippen molar-refractivity contribution in [1.29, 1.82) is 0 Å². The maximum Gasteiger partial charge on any atom is 0.270 e. The van der Waals surface area contributed by atoms with Crippen LogP contribution in [0.2, 0.25) is 5.02 Å². The summed E-state index contributed by atoms with van der Waals surface area (Å²) in [5.41, 5.74) is 1.13. The molecular weight excluding hydrogens is 539 g/mol. The van der Waals surface area contributed by atoms with Gasteiger partial charge in [-0.2, -0.15) is 0 Å². The minimum absolute atomic E-state index is 0.00324. The topological polar surface area (TPSA) is 87.2 Å². The number of sulfonamides is 1. The maximum absolute atomic E-state index is 15.0. The van der Waals surface area contributed by atoms with E-state index in [4.69, 9.17) is 11.6 Å². The van der Waals surface area contributed by atoms with Gasteiger partial charge in [0.15, 0.2) is 0 Å². The number of rotatable bonds is 8. The summed E-state index contributed by atoms with van der Waals surface area (Å²) in [4.78, 5) is 8.95. The second-order valence-electron chi connectivity index (χ2n) is 9.77. The molecule has 1 saturated carbocycles. The van der Waals surface area contributed by atoms with Crippen LogP contribution in [0, 0.1) is 5.82 Å². The number of halogens is 4. The highest BCUT2D eigenvalue weighted by Crippen LogP contribution is 2.39. The van der Waals surface area contributed by atoms with Crippen LogP contribution in [0.3, 0.4) is 0 Å². The van der Waals surface area contributed by atoms with Crippen LogP contribution in [0.1, 0.15) is 43.2 Å². The number of aromatic nitrogens is 2. The van der Waals surface area contributed by atoms with Crippen molar-refractivity contribution in [3.05, 3.63) is 77.0 Å². The van der Waals surface area contributed by atoms with Crippen molar-refractivity contribution in [2.24, 2.45) is 0 Å². The van der Waals surface area contributed by atoms with Crippen molar-refractivity contribution >= 4 is 33.1 Å². The molecule has 3 aromatic rings. The zero-order valence-electron chi connectivity index (χ0n) is 21.1. The van der Waals surface area contributed by atoms with E-state index in [1.165, 1.54) is 24.7 Å². The van der Waals surface area contributed by atoms with Crippen LogP contribution in [0.15, 0.2) is 59.9 Å². The van der Waals surface area contributed by atoms with Gasteiger partial charge in [0.2, 0.25) is 0 Å². The van der Waals surface area contributed by atoms with Gasteiger partial charge < -0.3 is 10.2 Å². The van der Waals surface area contributed by atoms with E-state index in [1.807, 2.05) is 25.1 Å². The molecule has 2 N–H and O–H groups in total. The van der Waals surface area contributed by atoms with Crippen molar-refractivity contribution in [3.8, 4) is 0 Å². The lowest BCUT2D eigenvalue weighted by Crippen LogP contribution is -2.47. The molecule has 0 unspecified atom stereocenters. The summed E-state index contributed by atoms with van der Waals surface area (Å²) >= 11 is 6.41. The normalized spacial score (nSPS) is 20.4. The van der Waals surface area contributed by atoms with E-state index < -0.39 is 26.7 Å². The number of alkyl halides is 2. The smallest absolute Gasteiger partial charge is 0.270 e. The molecular formula is C26H29ClF3N5O2S. The number of likely N-dealkylation sites (N-methyl/N-ethyl adjacent to an activating group) is 1. The van der Waals surface area contributed by atoms with Gasteiger partial charge in [-0.25, -0.2) is 31.6 Å². The molecule has 3 atom stereocenters. The molecule has 38 heavy (non-hydrogen) atoms. The molecule has 12 heteroatoms.